The largest absolute Gasteiger partial charge is 0.481 e. The Kier molecular flexibility index (Phi) is 4.74. The van der Waals surface area contributed by atoms with E-state index in [0.29, 0.717) is 5.13 Å². The minimum Gasteiger partial charge on any atom is -0.481 e. The summed E-state index contributed by atoms with van der Waals surface area (Å²) >= 11 is 1.37. The number of carbonyl (C=O) groups is 2. The number of para-hydroxylation sites is 1. The Labute approximate surface area is 126 Å². The summed E-state index contributed by atoms with van der Waals surface area (Å²) in [4.78, 5) is 27.1. The first-order valence-corrected chi connectivity index (χ1v) is 7.42. The molecule has 6 nitrogen and oxygen atoms in total. The summed E-state index contributed by atoms with van der Waals surface area (Å²) in [6, 6.07) is 7.14. The van der Waals surface area contributed by atoms with Gasteiger partial charge in [0.1, 0.15) is 0 Å². The van der Waals surface area contributed by atoms with Gasteiger partial charge in [0.2, 0.25) is 0 Å². The van der Waals surface area contributed by atoms with Crippen molar-refractivity contribution in [2.24, 2.45) is 11.8 Å². The van der Waals surface area contributed by atoms with Crippen LogP contribution in [0.3, 0.4) is 0 Å². The molecule has 0 radical (unpaired) electrons. The molecule has 1 aromatic carbocycles. The van der Waals surface area contributed by atoms with E-state index in [2.05, 4.69) is 15.6 Å². The fourth-order valence-electron chi connectivity index (χ4n) is 1.88. The van der Waals surface area contributed by atoms with Crippen molar-refractivity contribution in [2.75, 3.05) is 11.9 Å². The molecule has 1 aromatic heterocycles. The summed E-state index contributed by atoms with van der Waals surface area (Å²) < 4.78 is 0.985. The molecule has 0 bridgehead atoms. The van der Waals surface area contributed by atoms with Crippen LogP contribution in [0.15, 0.2) is 24.3 Å². The highest BCUT2D eigenvalue weighted by Crippen LogP contribution is 2.25. The third kappa shape index (κ3) is 3.91. The number of hydrogen-bond acceptors (Lipinski definition) is 4. The molecule has 1 unspecified atom stereocenters. The van der Waals surface area contributed by atoms with E-state index in [0.717, 1.165) is 10.2 Å². The monoisotopic (exact) mass is 307 g/mol. The first kappa shape index (κ1) is 15.2. The summed E-state index contributed by atoms with van der Waals surface area (Å²) in [5.41, 5.74) is 0.823. The lowest BCUT2D eigenvalue weighted by Crippen LogP contribution is -2.37. The predicted molar refractivity (Wildman–Crippen MR) is 82.6 cm³/mol. The number of urea groups is 1. The van der Waals surface area contributed by atoms with Gasteiger partial charge in [-0.05, 0) is 18.1 Å². The fourth-order valence-corrected chi connectivity index (χ4v) is 2.74. The zero-order chi connectivity index (χ0) is 15.4. The number of nitrogens with one attached hydrogen (secondary N) is 2. The van der Waals surface area contributed by atoms with Gasteiger partial charge in [-0.1, -0.05) is 37.3 Å². The maximum Gasteiger partial charge on any atom is 0.321 e. The molecule has 0 saturated carbocycles. The minimum absolute atomic E-state index is 0.0507. The molecule has 21 heavy (non-hydrogen) atoms. The van der Waals surface area contributed by atoms with Crippen molar-refractivity contribution in [3.8, 4) is 0 Å². The van der Waals surface area contributed by atoms with Crippen molar-refractivity contribution in [1.82, 2.24) is 10.3 Å². The van der Waals surface area contributed by atoms with Crippen LogP contribution < -0.4 is 10.6 Å². The van der Waals surface area contributed by atoms with Gasteiger partial charge >= 0.3 is 12.0 Å². The Hall–Kier alpha value is -2.15. The van der Waals surface area contributed by atoms with Crippen molar-refractivity contribution in [3.05, 3.63) is 24.3 Å². The molecule has 0 fully saturated rings. The van der Waals surface area contributed by atoms with Crippen molar-refractivity contribution >= 4 is 38.7 Å². The molecule has 0 aliphatic carbocycles. The average molecular weight is 307 g/mol. The quantitative estimate of drug-likeness (QED) is 0.792. The molecule has 2 amide bonds. The fraction of sp³-hybridized carbons (Fsp3) is 0.357. The molecular weight excluding hydrogens is 290 g/mol. The Morgan fingerprint density at radius 3 is 2.67 bits per heavy atom. The van der Waals surface area contributed by atoms with Crippen LogP contribution in [0.1, 0.15) is 13.8 Å². The van der Waals surface area contributed by atoms with Crippen LogP contribution in [-0.2, 0) is 4.79 Å². The number of aromatic nitrogens is 1. The number of amides is 2. The van der Waals surface area contributed by atoms with Gasteiger partial charge < -0.3 is 10.4 Å². The summed E-state index contributed by atoms with van der Waals surface area (Å²) in [6.45, 7) is 3.71. The zero-order valence-electron chi connectivity index (χ0n) is 11.8. The summed E-state index contributed by atoms with van der Waals surface area (Å²) in [6.07, 6.45) is 0. The summed E-state index contributed by atoms with van der Waals surface area (Å²) in [5, 5.41) is 14.8. The number of carboxylic acid groups (broad SMARTS) is 1. The van der Waals surface area contributed by atoms with Crippen LogP contribution in [0.4, 0.5) is 9.93 Å². The molecule has 0 aliphatic rings. The van der Waals surface area contributed by atoms with Crippen LogP contribution in [0.5, 0.6) is 0 Å². The Balaban J connectivity index is 1.93. The van der Waals surface area contributed by atoms with Gasteiger partial charge in [0.25, 0.3) is 0 Å². The normalized spacial score (nSPS) is 12.3. The van der Waals surface area contributed by atoms with Gasteiger partial charge in [0.15, 0.2) is 5.13 Å². The average Bonchev–Trinajstić information content (AvgIpc) is 2.79. The smallest absolute Gasteiger partial charge is 0.321 e. The number of carbonyl (C=O) groups excluding carboxylic acids is 1. The van der Waals surface area contributed by atoms with E-state index in [-0.39, 0.29) is 12.5 Å². The Morgan fingerprint density at radius 2 is 2.05 bits per heavy atom. The lowest BCUT2D eigenvalue weighted by molar-refractivity contribution is -0.142. The van der Waals surface area contributed by atoms with Gasteiger partial charge in [-0.2, -0.15) is 0 Å². The number of hydrogen-bond donors (Lipinski definition) is 3. The van der Waals surface area contributed by atoms with Crippen LogP contribution in [0.2, 0.25) is 0 Å². The van der Waals surface area contributed by atoms with Crippen molar-refractivity contribution in [1.29, 1.82) is 0 Å². The number of aliphatic carboxylic acids is 1. The van der Waals surface area contributed by atoms with E-state index in [4.69, 9.17) is 5.11 Å². The maximum atomic E-state index is 11.8. The van der Waals surface area contributed by atoms with E-state index in [9.17, 15) is 9.59 Å². The van der Waals surface area contributed by atoms with Gasteiger partial charge in [0, 0.05) is 6.54 Å². The van der Waals surface area contributed by atoms with Gasteiger partial charge in [-0.15, -0.1) is 0 Å². The highest BCUT2D eigenvalue weighted by molar-refractivity contribution is 7.22. The van der Waals surface area contributed by atoms with Gasteiger partial charge in [-0.3, -0.25) is 10.1 Å². The van der Waals surface area contributed by atoms with Crippen molar-refractivity contribution in [2.45, 2.75) is 13.8 Å². The first-order valence-electron chi connectivity index (χ1n) is 6.60. The van der Waals surface area contributed by atoms with Crippen LogP contribution in [0, 0.1) is 11.8 Å². The number of fused-ring (bicyclic) bond motifs is 1. The van der Waals surface area contributed by atoms with E-state index in [1.54, 1.807) is 0 Å². The molecule has 2 rings (SSSR count). The number of thiazole rings is 1. The summed E-state index contributed by atoms with van der Waals surface area (Å²) in [5.74, 6) is -1.57. The number of anilines is 1. The highest BCUT2D eigenvalue weighted by atomic mass is 32.1. The molecule has 3 N–H and O–H groups in total. The number of benzene rings is 1. The molecule has 0 saturated heterocycles. The second kappa shape index (κ2) is 6.53. The second-order valence-corrected chi connectivity index (χ2v) is 6.04. The number of carboxylic acids is 1. The highest BCUT2D eigenvalue weighted by Gasteiger charge is 2.22. The van der Waals surface area contributed by atoms with Crippen molar-refractivity contribution in [3.63, 3.8) is 0 Å². The number of nitrogens with zero attached hydrogens (tertiary/aromatic N) is 1. The SMILES string of the molecule is CC(C)C(CNC(=O)Nc1nc2ccccc2s1)C(=O)O. The summed E-state index contributed by atoms with van der Waals surface area (Å²) in [7, 11) is 0. The van der Waals surface area contributed by atoms with Crippen LogP contribution >= 0.6 is 11.3 Å². The minimum atomic E-state index is -0.912. The first-order chi connectivity index (χ1) is 9.97. The maximum absolute atomic E-state index is 11.8. The molecule has 0 aliphatic heterocycles. The molecule has 1 atom stereocenters. The molecule has 112 valence electrons. The van der Waals surface area contributed by atoms with E-state index in [1.807, 2.05) is 38.1 Å². The second-order valence-electron chi connectivity index (χ2n) is 5.01. The predicted octanol–water partition coefficient (Wildman–Crippen LogP) is 2.77. The molecular formula is C14H17N3O3S. The third-order valence-corrected chi connectivity index (χ3v) is 4.07. The van der Waals surface area contributed by atoms with Crippen LogP contribution in [-0.4, -0.2) is 28.6 Å². The Morgan fingerprint density at radius 1 is 1.33 bits per heavy atom. The van der Waals surface area contributed by atoms with Gasteiger partial charge in [-0.25, -0.2) is 9.78 Å². The molecule has 0 spiro atoms. The van der Waals surface area contributed by atoms with E-state index in [1.165, 1.54) is 11.3 Å². The molecule has 1 heterocycles. The zero-order valence-corrected chi connectivity index (χ0v) is 12.6. The Bertz CT molecular complexity index is 621. The van der Waals surface area contributed by atoms with Crippen LogP contribution in [0.25, 0.3) is 10.2 Å². The lowest BCUT2D eigenvalue weighted by atomic mass is 9.96. The van der Waals surface area contributed by atoms with Gasteiger partial charge in [0.05, 0.1) is 16.1 Å². The molecule has 7 heteroatoms. The van der Waals surface area contributed by atoms with Crippen molar-refractivity contribution < 1.29 is 14.7 Å². The standard InChI is InChI=1S/C14H17N3O3S/c1-8(2)9(12(18)19)7-15-13(20)17-14-16-10-5-3-4-6-11(10)21-14/h3-6,8-9H,7H2,1-2H3,(H,18,19)(H2,15,16,17,20). The van der Waals surface area contributed by atoms with E-state index < -0.39 is 17.9 Å². The molecule has 2 aromatic rings. The topological polar surface area (TPSA) is 91.3 Å². The lowest BCUT2D eigenvalue weighted by Gasteiger charge is -2.16. The number of rotatable bonds is 5. The third-order valence-electron chi connectivity index (χ3n) is 3.12. The van der Waals surface area contributed by atoms with E-state index >= 15 is 0 Å².